The molecule has 8 heteroatoms. The molecule has 0 fully saturated rings. The lowest BCUT2D eigenvalue weighted by atomic mass is 10.1. The van der Waals surface area contributed by atoms with Crippen LogP contribution in [0.1, 0.15) is 30.8 Å². The Labute approximate surface area is 126 Å². The molecule has 0 aromatic carbocycles. The average Bonchev–Trinajstić information content (AvgIpc) is 2.85. The van der Waals surface area contributed by atoms with E-state index in [0.717, 1.165) is 0 Å². The van der Waals surface area contributed by atoms with Crippen molar-refractivity contribution in [3.05, 3.63) is 23.7 Å². The van der Waals surface area contributed by atoms with Gasteiger partial charge in [-0.05, 0) is 31.5 Å². The van der Waals surface area contributed by atoms with Crippen LogP contribution in [0.5, 0.6) is 0 Å². The van der Waals surface area contributed by atoms with Crippen molar-refractivity contribution in [2.24, 2.45) is 0 Å². The highest BCUT2D eigenvalue weighted by atomic mass is 35.5. The van der Waals surface area contributed by atoms with Crippen molar-refractivity contribution >= 4 is 36.2 Å². The summed E-state index contributed by atoms with van der Waals surface area (Å²) < 4.78 is 29.2. The molecular weight excluding hydrogens is 323 g/mol. The molecule has 2 rings (SSSR count). The third-order valence-electron chi connectivity index (χ3n) is 2.96. The van der Waals surface area contributed by atoms with Gasteiger partial charge < -0.3 is 13.5 Å². The smallest absolute Gasteiger partial charge is 0.339 e. The highest BCUT2D eigenvalue weighted by Crippen LogP contribution is 2.66. The van der Waals surface area contributed by atoms with E-state index in [0.29, 0.717) is 17.1 Å². The molecule has 0 N–H and O–H groups in total. The van der Waals surface area contributed by atoms with Crippen LogP contribution >= 0.6 is 31.0 Å². The predicted molar refractivity (Wildman–Crippen MR) is 78.3 cm³/mol. The Morgan fingerprint density at radius 3 is 2.70 bits per heavy atom. The molecule has 20 heavy (non-hydrogen) atoms. The molecule has 0 spiro atoms. The van der Waals surface area contributed by atoms with Crippen LogP contribution in [0.4, 0.5) is 0 Å². The number of furan rings is 1. The van der Waals surface area contributed by atoms with Gasteiger partial charge in [0.15, 0.2) is 0 Å². The van der Waals surface area contributed by atoms with Gasteiger partial charge in [-0.2, -0.15) is 0 Å². The lowest BCUT2D eigenvalue weighted by Crippen LogP contribution is -2.27. The number of halogens is 1. The first kappa shape index (κ1) is 16.1. The molecule has 2 atom stereocenters. The third kappa shape index (κ3) is 3.00. The van der Waals surface area contributed by atoms with Crippen molar-refractivity contribution in [1.82, 2.24) is 0 Å². The van der Waals surface area contributed by atoms with Gasteiger partial charge in [-0.15, -0.1) is 11.8 Å². The second kappa shape index (κ2) is 6.67. The van der Waals surface area contributed by atoms with Gasteiger partial charge >= 0.3 is 7.60 Å². The molecule has 2 unspecified atom stereocenters. The molecule has 1 aromatic rings. The minimum atomic E-state index is -3.49. The highest BCUT2D eigenvalue weighted by molar-refractivity contribution is 8.00. The van der Waals surface area contributed by atoms with E-state index in [4.69, 9.17) is 25.1 Å². The number of thioether (sulfide) groups is 1. The van der Waals surface area contributed by atoms with Crippen molar-refractivity contribution in [2.75, 3.05) is 13.2 Å². The van der Waals surface area contributed by atoms with Crippen molar-refractivity contribution in [3.8, 4) is 0 Å². The fourth-order valence-electron chi connectivity index (χ4n) is 2.23. The van der Waals surface area contributed by atoms with Gasteiger partial charge in [-0.1, -0.05) is 0 Å². The minimum Gasteiger partial charge on any atom is -0.468 e. The number of hydrogen-bond acceptors (Lipinski definition) is 6. The van der Waals surface area contributed by atoms with E-state index in [-0.39, 0.29) is 13.2 Å². The maximum absolute atomic E-state index is 13.0. The summed E-state index contributed by atoms with van der Waals surface area (Å²) in [6, 6.07) is 1.71. The summed E-state index contributed by atoms with van der Waals surface area (Å²) >= 11 is 6.97. The molecule has 0 saturated carbocycles. The van der Waals surface area contributed by atoms with Crippen LogP contribution in [0.2, 0.25) is 0 Å². The Morgan fingerprint density at radius 1 is 1.50 bits per heavy atom. The van der Waals surface area contributed by atoms with Gasteiger partial charge in [0.2, 0.25) is 5.24 Å². The fraction of sp³-hybridized carbons (Fsp3) is 0.583. The molecular formula is C12H16ClO5PS. The van der Waals surface area contributed by atoms with E-state index in [9.17, 15) is 9.36 Å². The molecule has 0 aliphatic carbocycles. The first-order valence-corrected chi connectivity index (χ1v) is 9.33. The first-order chi connectivity index (χ1) is 9.53. The molecule has 0 saturated heterocycles. The Morgan fingerprint density at radius 2 is 2.15 bits per heavy atom. The number of rotatable bonds is 6. The van der Waals surface area contributed by atoms with Gasteiger partial charge in [0.25, 0.3) is 0 Å². The summed E-state index contributed by atoms with van der Waals surface area (Å²) in [5, 5.41) is -1.21. The number of carbonyl (C=O) groups excluding carboxylic acids is 1. The average molecular weight is 339 g/mol. The quantitative estimate of drug-likeness (QED) is 0.577. The molecule has 1 aliphatic heterocycles. The highest BCUT2D eigenvalue weighted by Gasteiger charge is 2.49. The second-order valence-corrected chi connectivity index (χ2v) is 7.81. The van der Waals surface area contributed by atoms with Crippen molar-refractivity contribution in [1.29, 1.82) is 0 Å². The maximum atomic E-state index is 13.0. The lowest BCUT2D eigenvalue weighted by molar-refractivity contribution is -0.111. The zero-order valence-corrected chi connectivity index (χ0v) is 13.7. The molecule has 2 heterocycles. The van der Waals surface area contributed by atoms with Gasteiger partial charge in [0.1, 0.15) is 11.4 Å². The van der Waals surface area contributed by atoms with Gasteiger partial charge in [-0.3, -0.25) is 9.36 Å². The van der Waals surface area contributed by atoms with Crippen LogP contribution in [0, 0.1) is 0 Å². The number of hydrogen-bond donors (Lipinski definition) is 0. The SMILES string of the molecule is CCOP(=O)(OCC)C1c2ccoc2CSC1C(=O)Cl. The molecule has 5 nitrogen and oxygen atoms in total. The molecule has 1 aliphatic rings. The van der Waals surface area contributed by atoms with E-state index in [1.165, 1.54) is 18.0 Å². The Kier molecular flexibility index (Phi) is 5.37. The van der Waals surface area contributed by atoms with Gasteiger partial charge in [-0.25, -0.2) is 0 Å². The topological polar surface area (TPSA) is 65.7 Å². The van der Waals surface area contributed by atoms with Crippen LogP contribution in [-0.4, -0.2) is 23.7 Å². The summed E-state index contributed by atoms with van der Waals surface area (Å²) in [6.45, 7) is 3.93. The summed E-state index contributed by atoms with van der Waals surface area (Å²) in [4.78, 5) is 11.7. The lowest BCUT2D eigenvalue weighted by Gasteiger charge is -2.32. The third-order valence-corrected chi connectivity index (χ3v) is 7.30. The molecule has 0 amide bonds. The predicted octanol–water partition coefficient (Wildman–Crippen LogP) is 3.97. The maximum Gasteiger partial charge on any atom is 0.339 e. The minimum absolute atomic E-state index is 0.231. The largest absolute Gasteiger partial charge is 0.468 e. The Bertz CT molecular complexity index is 522. The fourth-order valence-corrected chi connectivity index (χ4v) is 6.52. The van der Waals surface area contributed by atoms with Crippen LogP contribution in [0.15, 0.2) is 16.7 Å². The van der Waals surface area contributed by atoms with Crippen LogP contribution in [0.3, 0.4) is 0 Å². The zero-order valence-electron chi connectivity index (χ0n) is 11.2. The molecule has 112 valence electrons. The summed E-state index contributed by atoms with van der Waals surface area (Å²) in [5.74, 6) is 1.20. The first-order valence-electron chi connectivity index (χ1n) is 6.29. The van der Waals surface area contributed by atoms with E-state index in [1.807, 2.05) is 0 Å². The van der Waals surface area contributed by atoms with E-state index in [2.05, 4.69) is 0 Å². The Hall–Kier alpha value is -0.260. The van der Waals surface area contributed by atoms with Crippen LogP contribution in [-0.2, 0) is 24.2 Å². The summed E-state index contributed by atoms with van der Waals surface area (Å²) in [5.41, 5.74) is -0.0344. The molecule has 0 bridgehead atoms. The van der Waals surface area contributed by atoms with Gasteiger partial charge in [0.05, 0.1) is 30.5 Å². The molecule has 0 radical (unpaired) electrons. The van der Waals surface area contributed by atoms with Crippen molar-refractivity contribution in [3.63, 3.8) is 0 Å². The van der Waals surface area contributed by atoms with Crippen molar-refractivity contribution in [2.45, 2.75) is 30.5 Å². The van der Waals surface area contributed by atoms with Crippen molar-refractivity contribution < 1.29 is 22.8 Å². The standard InChI is InChI=1S/C12H16ClO5PS/c1-3-17-19(15,18-4-2)10-8-5-6-16-9(8)7-20-11(10)12(13)14/h5-6,10-11H,3-4,7H2,1-2H3. The van der Waals surface area contributed by atoms with Crippen LogP contribution in [0.25, 0.3) is 0 Å². The number of carbonyl (C=O) groups is 1. The monoisotopic (exact) mass is 338 g/mol. The summed E-state index contributed by atoms with van der Waals surface area (Å²) in [7, 11) is -3.49. The normalized spacial score (nSPS) is 22.6. The molecule has 1 aromatic heterocycles. The van der Waals surface area contributed by atoms with E-state index in [1.54, 1.807) is 19.9 Å². The zero-order chi connectivity index (χ0) is 14.8. The van der Waals surface area contributed by atoms with E-state index < -0.39 is 23.7 Å². The van der Waals surface area contributed by atoms with E-state index >= 15 is 0 Å². The Balaban J connectivity index is 2.47. The number of fused-ring (bicyclic) bond motifs is 1. The van der Waals surface area contributed by atoms with Crippen LogP contribution < -0.4 is 0 Å². The summed E-state index contributed by atoms with van der Waals surface area (Å²) in [6.07, 6.45) is 1.52. The van der Waals surface area contributed by atoms with Gasteiger partial charge in [0, 0.05) is 5.56 Å². The second-order valence-electron chi connectivity index (χ2n) is 4.16.